The highest BCUT2D eigenvalue weighted by atomic mass is 15.0. The van der Waals surface area contributed by atoms with E-state index in [1.165, 1.54) is 265 Å². The van der Waals surface area contributed by atoms with E-state index in [0.717, 1.165) is 5.69 Å². The molecular weight excluding hydrogens is 1680 g/mol. The molecule has 0 saturated carbocycles. The molecule has 21 aromatic carbocycles. The first kappa shape index (κ1) is 83.4. The third-order valence-corrected chi connectivity index (χ3v) is 29.1. The fraction of sp³-hybridized carbons (Fsp3) is 0.0597. The van der Waals surface area contributed by atoms with Crippen molar-refractivity contribution in [2.45, 2.75) is 54.4 Å². The Hall–Kier alpha value is -17.4. The van der Waals surface area contributed by atoms with Crippen molar-refractivity contribution in [2.75, 3.05) is 0 Å². The molecular formula is C134H99N5. The van der Waals surface area contributed by atoms with Crippen LogP contribution >= 0.6 is 0 Å². The summed E-state index contributed by atoms with van der Waals surface area (Å²) in [5.41, 5.74) is 48.8. The summed E-state index contributed by atoms with van der Waals surface area (Å²) in [6, 6.07) is 172. The molecule has 1 aliphatic carbocycles. The van der Waals surface area contributed by atoms with Crippen molar-refractivity contribution < 1.29 is 0 Å². The normalized spacial score (nSPS) is 12.0. The predicted octanol–water partition coefficient (Wildman–Crippen LogP) is 35.9. The molecule has 139 heavy (non-hydrogen) atoms. The number of nitrogens with zero attached hydrogens (tertiary/aromatic N) is 5. The van der Waals surface area contributed by atoms with E-state index in [0.29, 0.717) is 0 Å². The Morgan fingerprint density at radius 1 is 0.144 bits per heavy atom. The molecule has 5 heteroatoms. The smallest absolute Gasteiger partial charge is 0.0547 e. The first-order chi connectivity index (χ1) is 68.3. The number of aromatic nitrogens is 5. The minimum Gasteiger partial charge on any atom is -0.309 e. The van der Waals surface area contributed by atoms with Crippen LogP contribution in [-0.2, 0) is 0 Å². The highest BCUT2D eigenvalue weighted by Crippen LogP contribution is 2.51. The molecule has 1 aliphatic rings. The third kappa shape index (κ3) is 14.5. The van der Waals surface area contributed by atoms with Gasteiger partial charge in [-0.3, -0.25) is 0 Å². The molecule has 0 amide bonds. The molecule has 0 aliphatic heterocycles. The lowest BCUT2D eigenvalue weighted by atomic mass is 9.86. The largest absolute Gasteiger partial charge is 0.309 e. The Kier molecular flexibility index (Phi) is 20.5. The molecule has 0 bridgehead atoms. The zero-order valence-electron chi connectivity index (χ0n) is 78.8. The van der Waals surface area contributed by atoms with E-state index < -0.39 is 0 Å². The van der Waals surface area contributed by atoms with Gasteiger partial charge in [0, 0.05) is 88.2 Å². The van der Waals surface area contributed by atoms with Crippen LogP contribution in [0.5, 0.6) is 0 Å². The lowest BCUT2D eigenvalue weighted by Crippen LogP contribution is -2.03. The summed E-state index contributed by atoms with van der Waals surface area (Å²) >= 11 is 0. The standard InChI is InChI=1S/C55H38N2.C43H30N2.C36H31N/c1-37-32-46(56-52-27-22-42(38-14-6-2-7-15-38)33-47(52)48-34-43(23-28-53(48)56)39-16-8-3-9-17-39)26-31-51(37)57-54-29-24-44(40-18-10-4-11-19-40)35-49(54)50-36-45(25-30-55(50)57)41-20-12-5-13-21-41;1-29-26-30(31-21-24-38-36-16-8-10-18-40(36)44(42(38)27-31)33-12-4-2-5-13-33)20-23-35(29)32-22-25-39-37-17-9-11-19-41(37)45(43(39)28-32)34-14-6-3-7-15-34;1-21-6-11-28-30(16-21)31-17-22(2)7-12-29(31)36(28)27-13-10-26(20-25(27)5)37-34-14-8-23(3)18-32(34)33-19-24(4)9-15-35(33)37/h2-36H,1H3;2-28H,1H3;6-20,36H,1-5H3. The topological polar surface area (TPSA) is 24.6 Å². The predicted molar refractivity (Wildman–Crippen MR) is 590 cm³/mol. The van der Waals surface area contributed by atoms with Gasteiger partial charge in [-0.1, -0.05) is 338 Å². The van der Waals surface area contributed by atoms with Gasteiger partial charge in [-0.2, -0.15) is 0 Å². The second-order valence-electron chi connectivity index (χ2n) is 37.9. The summed E-state index contributed by atoms with van der Waals surface area (Å²) in [6.07, 6.45) is 0. The van der Waals surface area contributed by atoms with Crippen molar-refractivity contribution in [3.8, 4) is 106 Å². The van der Waals surface area contributed by atoms with Crippen LogP contribution in [0, 0.1) is 48.5 Å². The minimum atomic E-state index is 0.267. The van der Waals surface area contributed by atoms with Crippen LogP contribution in [0.3, 0.4) is 0 Å². The number of hydrogen-bond acceptors (Lipinski definition) is 0. The molecule has 0 unspecified atom stereocenters. The Balaban J connectivity index is 0.000000113. The number of rotatable bonds is 12. The van der Waals surface area contributed by atoms with E-state index in [4.69, 9.17) is 0 Å². The van der Waals surface area contributed by atoms with Crippen molar-refractivity contribution in [1.82, 2.24) is 22.8 Å². The summed E-state index contributed by atoms with van der Waals surface area (Å²) in [5, 5.41) is 12.7. The minimum absolute atomic E-state index is 0.267. The average molecular weight is 1780 g/mol. The van der Waals surface area contributed by atoms with Gasteiger partial charge in [0.05, 0.1) is 55.2 Å². The molecule has 27 rings (SSSR count). The maximum atomic E-state index is 2.46. The summed E-state index contributed by atoms with van der Waals surface area (Å²) in [6.45, 7) is 15.5. The third-order valence-electron chi connectivity index (χ3n) is 29.1. The Morgan fingerprint density at radius 3 is 0.856 bits per heavy atom. The quantitative estimate of drug-likeness (QED) is 0.116. The highest BCUT2D eigenvalue weighted by molar-refractivity contribution is 6.16. The number of hydrogen-bond donors (Lipinski definition) is 0. The van der Waals surface area contributed by atoms with E-state index in [9.17, 15) is 0 Å². The second-order valence-corrected chi connectivity index (χ2v) is 37.9. The number of fused-ring (bicyclic) bond motifs is 18. The monoisotopic (exact) mass is 1780 g/mol. The molecule has 0 N–H and O–H groups in total. The molecule has 0 atom stereocenters. The second kappa shape index (κ2) is 34.2. The molecule has 0 saturated heterocycles. The zero-order valence-corrected chi connectivity index (χ0v) is 78.8. The van der Waals surface area contributed by atoms with Crippen LogP contribution in [0.4, 0.5) is 0 Å². The molecule has 5 aromatic heterocycles. The Bertz CT molecular complexity index is 9060. The van der Waals surface area contributed by atoms with Crippen molar-refractivity contribution in [3.05, 3.63) is 523 Å². The van der Waals surface area contributed by atoms with Gasteiger partial charge in [0.2, 0.25) is 0 Å². The lowest BCUT2D eigenvalue weighted by Gasteiger charge is -2.19. The van der Waals surface area contributed by atoms with Gasteiger partial charge in [0.15, 0.2) is 0 Å². The van der Waals surface area contributed by atoms with E-state index >= 15 is 0 Å². The van der Waals surface area contributed by atoms with E-state index in [1.807, 2.05) is 0 Å². The van der Waals surface area contributed by atoms with Crippen LogP contribution in [0.2, 0.25) is 0 Å². The molecule has 0 radical (unpaired) electrons. The number of aryl methyl sites for hydroxylation is 7. The lowest BCUT2D eigenvalue weighted by molar-refractivity contribution is 0.990. The van der Waals surface area contributed by atoms with Crippen LogP contribution in [0.1, 0.15) is 61.6 Å². The van der Waals surface area contributed by atoms with Gasteiger partial charge in [0.25, 0.3) is 0 Å². The molecule has 5 nitrogen and oxygen atoms in total. The van der Waals surface area contributed by atoms with Crippen molar-refractivity contribution in [3.63, 3.8) is 0 Å². The molecule has 26 aromatic rings. The summed E-state index contributed by atoms with van der Waals surface area (Å²) in [5.74, 6) is 0.267. The molecule has 0 spiro atoms. The number of para-hydroxylation sites is 4. The van der Waals surface area contributed by atoms with Crippen LogP contribution in [0.15, 0.2) is 467 Å². The highest BCUT2D eigenvalue weighted by Gasteiger charge is 2.32. The van der Waals surface area contributed by atoms with Gasteiger partial charge in [-0.25, -0.2) is 0 Å². The molecule has 0 fully saturated rings. The fourth-order valence-electron chi connectivity index (χ4n) is 22.5. The van der Waals surface area contributed by atoms with Crippen LogP contribution in [-0.4, -0.2) is 22.8 Å². The summed E-state index contributed by atoms with van der Waals surface area (Å²) < 4.78 is 12.1. The maximum absolute atomic E-state index is 2.46. The fourth-order valence-corrected chi connectivity index (χ4v) is 22.5. The van der Waals surface area contributed by atoms with Crippen molar-refractivity contribution in [1.29, 1.82) is 0 Å². The molecule has 660 valence electrons. The molecule has 5 heterocycles. The number of benzene rings is 21. The first-order valence-corrected chi connectivity index (χ1v) is 48.4. The van der Waals surface area contributed by atoms with Gasteiger partial charge < -0.3 is 22.8 Å². The van der Waals surface area contributed by atoms with Gasteiger partial charge in [0.1, 0.15) is 0 Å². The SMILES string of the molecule is Cc1cc(-c2ccc3c4ccccc4n(-c4ccccc4)c3c2)ccc1-c1ccc2c3ccccc3n(-c3ccccc3)c2c1.Cc1cc(-n2c3ccc(-c4ccccc4)cc3c3cc(-c4ccccc4)ccc32)ccc1-n1c2ccc(-c3ccccc3)cc2c2cc(-c3ccccc3)ccc21.Cc1ccc2c(c1)-c1cc(C)ccc1C2c1ccc(-n2c3ccc(C)cc3c3cc(C)ccc32)cc1C. The van der Waals surface area contributed by atoms with E-state index in [1.54, 1.807) is 0 Å². The Morgan fingerprint density at radius 2 is 0.439 bits per heavy atom. The zero-order chi connectivity index (χ0) is 93.2. The van der Waals surface area contributed by atoms with Gasteiger partial charge in [-0.05, 0) is 311 Å². The first-order valence-electron chi connectivity index (χ1n) is 48.4. The van der Waals surface area contributed by atoms with Crippen molar-refractivity contribution in [2.24, 2.45) is 0 Å². The summed E-state index contributed by atoms with van der Waals surface area (Å²) in [4.78, 5) is 0. The van der Waals surface area contributed by atoms with Gasteiger partial charge in [-0.15, -0.1) is 0 Å². The van der Waals surface area contributed by atoms with Crippen molar-refractivity contribution >= 4 is 109 Å². The van der Waals surface area contributed by atoms with Crippen LogP contribution in [0.25, 0.3) is 215 Å². The average Bonchev–Trinajstić information content (AvgIpc) is 1.59. The Labute approximate surface area is 809 Å². The maximum Gasteiger partial charge on any atom is 0.0547 e. The van der Waals surface area contributed by atoms with E-state index in [2.05, 4.69) is 538 Å². The van der Waals surface area contributed by atoms with Gasteiger partial charge >= 0.3 is 0 Å². The summed E-state index contributed by atoms with van der Waals surface area (Å²) in [7, 11) is 0. The van der Waals surface area contributed by atoms with Crippen LogP contribution < -0.4 is 0 Å². The van der Waals surface area contributed by atoms with E-state index in [-0.39, 0.29) is 5.92 Å².